The summed E-state index contributed by atoms with van der Waals surface area (Å²) in [5.41, 5.74) is 5.08. The number of nitrogens with zero attached hydrogens (tertiary/aromatic N) is 4. The molecule has 10 heteroatoms. The van der Waals surface area contributed by atoms with Crippen molar-refractivity contribution in [1.29, 1.82) is 0 Å². The van der Waals surface area contributed by atoms with Crippen molar-refractivity contribution in [3.05, 3.63) is 70.5 Å². The lowest BCUT2D eigenvalue weighted by Crippen LogP contribution is -2.21. The van der Waals surface area contributed by atoms with Crippen molar-refractivity contribution in [3.8, 4) is 16.9 Å². The van der Waals surface area contributed by atoms with Gasteiger partial charge in [-0.2, -0.15) is 10.1 Å². The first kappa shape index (κ1) is 24.0. The normalized spacial score (nSPS) is 10.7. The summed E-state index contributed by atoms with van der Waals surface area (Å²) in [6, 6.07) is 13.3. The molecule has 0 saturated heterocycles. The predicted octanol–water partition coefficient (Wildman–Crippen LogP) is 5.33. The Morgan fingerprint density at radius 2 is 1.91 bits per heavy atom. The van der Waals surface area contributed by atoms with E-state index in [1.165, 1.54) is 6.20 Å². The molecule has 2 aromatic carbocycles. The van der Waals surface area contributed by atoms with E-state index in [-0.39, 0.29) is 5.91 Å². The van der Waals surface area contributed by atoms with Crippen molar-refractivity contribution in [2.75, 3.05) is 31.8 Å². The summed E-state index contributed by atoms with van der Waals surface area (Å²) in [4.78, 5) is 22.8. The molecule has 0 spiro atoms. The van der Waals surface area contributed by atoms with Crippen molar-refractivity contribution in [1.82, 2.24) is 25.1 Å². The Kier molecular flexibility index (Phi) is 6.88. The molecule has 35 heavy (non-hydrogen) atoms. The quantitative estimate of drug-likeness (QED) is 0.320. The highest BCUT2D eigenvalue weighted by Crippen LogP contribution is 2.36. The van der Waals surface area contributed by atoms with Gasteiger partial charge in [0.15, 0.2) is 11.6 Å². The Balaban J connectivity index is 1.64. The van der Waals surface area contributed by atoms with Crippen LogP contribution in [0.3, 0.4) is 0 Å². The Morgan fingerprint density at radius 3 is 2.60 bits per heavy atom. The summed E-state index contributed by atoms with van der Waals surface area (Å²) in [6.45, 7) is 3.90. The van der Waals surface area contributed by atoms with Crippen LogP contribution in [-0.4, -0.2) is 52.2 Å². The second kappa shape index (κ2) is 10.0. The number of carbonyl (C=O) groups is 1. The molecule has 0 aliphatic rings. The summed E-state index contributed by atoms with van der Waals surface area (Å²) in [6.07, 6.45) is 1.51. The summed E-state index contributed by atoms with van der Waals surface area (Å²) in [7, 11) is 5.07. The average molecular weight is 492 g/mol. The number of H-pyrrole nitrogens is 1. The monoisotopic (exact) mass is 491 g/mol. The minimum absolute atomic E-state index is 0.0518. The van der Waals surface area contributed by atoms with Crippen LogP contribution >= 0.6 is 11.6 Å². The number of amides is 1. The number of halogens is 1. The average Bonchev–Trinajstić information content (AvgIpc) is 3.25. The van der Waals surface area contributed by atoms with Gasteiger partial charge >= 0.3 is 0 Å². The smallest absolute Gasteiger partial charge is 0.253 e. The lowest BCUT2D eigenvalue weighted by Gasteiger charge is -2.16. The van der Waals surface area contributed by atoms with Crippen LogP contribution in [0.4, 0.5) is 23.3 Å². The van der Waals surface area contributed by atoms with Crippen LogP contribution in [0.5, 0.6) is 5.75 Å². The van der Waals surface area contributed by atoms with Gasteiger partial charge in [-0.1, -0.05) is 23.7 Å². The van der Waals surface area contributed by atoms with Crippen LogP contribution < -0.4 is 15.4 Å². The van der Waals surface area contributed by atoms with Crippen molar-refractivity contribution in [2.45, 2.75) is 13.8 Å². The number of hydrogen-bond acceptors (Lipinski definition) is 7. The van der Waals surface area contributed by atoms with Gasteiger partial charge in [-0.05, 0) is 54.8 Å². The number of aryl methyl sites for hydroxylation is 2. The van der Waals surface area contributed by atoms with Crippen LogP contribution in [0.2, 0.25) is 5.02 Å². The topological polar surface area (TPSA) is 108 Å². The molecule has 1 amide bonds. The van der Waals surface area contributed by atoms with Crippen LogP contribution in [0.25, 0.3) is 11.1 Å². The van der Waals surface area contributed by atoms with E-state index in [1.54, 1.807) is 26.1 Å². The molecule has 2 aromatic heterocycles. The van der Waals surface area contributed by atoms with Crippen LogP contribution in [0.15, 0.2) is 48.7 Å². The maximum atomic E-state index is 12.4. The molecule has 4 aromatic rings. The van der Waals surface area contributed by atoms with Crippen LogP contribution in [-0.2, 0) is 0 Å². The van der Waals surface area contributed by atoms with Gasteiger partial charge in [-0.25, -0.2) is 4.98 Å². The molecule has 3 N–H and O–H groups in total. The first-order chi connectivity index (χ1) is 16.7. The zero-order valence-electron chi connectivity index (χ0n) is 20.1. The Labute approximate surface area is 208 Å². The van der Waals surface area contributed by atoms with Gasteiger partial charge in [0.05, 0.1) is 19.0 Å². The largest absolute Gasteiger partial charge is 0.495 e. The number of rotatable bonds is 7. The third-order valence-electron chi connectivity index (χ3n) is 5.32. The second-order valence-corrected chi connectivity index (χ2v) is 8.63. The van der Waals surface area contributed by atoms with Crippen molar-refractivity contribution in [2.24, 2.45) is 0 Å². The molecule has 4 rings (SSSR count). The van der Waals surface area contributed by atoms with E-state index in [9.17, 15) is 4.79 Å². The van der Waals surface area contributed by atoms with Crippen molar-refractivity contribution >= 4 is 40.8 Å². The van der Waals surface area contributed by atoms with Gasteiger partial charge in [-0.3, -0.25) is 9.89 Å². The molecule has 180 valence electrons. The molecule has 0 atom stereocenters. The molecule has 2 heterocycles. The first-order valence-electron chi connectivity index (χ1n) is 10.8. The van der Waals surface area contributed by atoms with Crippen LogP contribution in [0, 0.1) is 13.8 Å². The lowest BCUT2D eigenvalue weighted by atomic mass is 9.97. The van der Waals surface area contributed by atoms with Gasteiger partial charge in [0.1, 0.15) is 10.8 Å². The molecular formula is C25H26ClN7O2. The molecule has 0 bridgehead atoms. The highest BCUT2D eigenvalue weighted by molar-refractivity contribution is 6.32. The molecule has 0 saturated carbocycles. The van der Waals surface area contributed by atoms with E-state index < -0.39 is 0 Å². The predicted molar refractivity (Wildman–Crippen MR) is 138 cm³/mol. The van der Waals surface area contributed by atoms with E-state index in [4.69, 9.17) is 16.3 Å². The molecule has 0 aliphatic carbocycles. The molecule has 0 aliphatic heterocycles. The third kappa shape index (κ3) is 5.36. The van der Waals surface area contributed by atoms with E-state index in [0.717, 1.165) is 22.4 Å². The zero-order chi connectivity index (χ0) is 25.1. The van der Waals surface area contributed by atoms with Gasteiger partial charge < -0.3 is 20.3 Å². The number of carbonyl (C=O) groups excluding carboxylic acids is 1. The van der Waals surface area contributed by atoms with Crippen molar-refractivity contribution in [3.63, 3.8) is 0 Å². The number of aromatic amines is 1. The summed E-state index contributed by atoms with van der Waals surface area (Å²) in [5.74, 6) is 1.91. The fourth-order valence-electron chi connectivity index (χ4n) is 3.58. The third-order valence-corrected chi connectivity index (χ3v) is 5.59. The Hall–Kier alpha value is -4.11. The highest BCUT2D eigenvalue weighted by atomic mass is 35.5. The standard InChI is InChI=1S/C25H26ClN7O2/c1-14-9-20(28-25-27-13-19(26)23(30-25)29-22-10-15(2)31-32-22)21(35-5)12-18(14)16-7-6-8-17(11-16)24(34)33(3)4/h6-13H,1-5H3,(H3,27,28,29,30,31,32). The number of nitrogens with one attached hydrogen (secondary N) is 3. The fraction of sp³-hybridized carbons (Fsp3) is 0.200. The fourth-order valence-corrected chi connectivity index (χ4v) is 3.72. The molecule has 0 unspecified atom stereocenters. The summed E-state index contributed by atoms with van der Waals surface area (Å²) < 4.78 is 5.65. The number of anilines is 4. The molecule has 0 radical (unpaired) electrons. The minimum atomic E-state index is -0.0518. The molecular weight excluding hydrogens is 466 g/mol. The minimum Gasteiger partial charge on any atom is -0.495 e. The van der Waals surface area contributed by atoms with E-state index in [2.05, 4.69) is 30.8 Å². The van der Waals surface area contributed by atoms with Crippen molar-refractivity contribution < 1.29 is 9.53 Å². The number of methoxy groups -OCH3 is 1. The Morgan fingerprint density at radius 1 is 1.11 bits per heavy atom. The van der Waals surface area contributed by atoms with Gasteiger partial charge in [-0.15, -0.1) is 0 Å². The lowest BCUT2D eigenvalue weighted by molar-refractivity contribution is 0.0827. The zero-order valence-corrected chi connectivity index (χ0v) is 20.9. The highest BCUT2D eigenvalue weighted by Gasteiger charge is 2.15. The second-order valence-electron chi connectivity index (χ2n) is 8.22. The van der Waals surface area contributed by atoms with Gasteiger partial charge in [0, 0.05) is 31.4 Å². The number of aromatic nitrogens is 4. The first-order valence-corrected chi connectivity index (χ1v) is 11.2. The summed E-state index contributed by atoms with van der Waals surface area (Å²) in [5, 5.41) is 13.7. The number of ether oxygens (including phenoxy) is 1. The Bertz CT molecular complexity index is 1380. The van der Waals surface area contributed by atoms with E-state index in [0.29, 0.717) is 39.6 Å². The van der Waals surface area contributed by atoms with Gasteiger partial charge in [0.2, 0.25) is 5.95 Å². The summed E-state index contributed by atoms with van der Waals surface area (Å²) >= 11 is 6.28. The number of benzene rings is 2. The SMILES string of the molecule is COc1cc(-c2cccc(C(=O)N(C)C)c2)c(C)cc1Nc1ncc(Cl)c(Nc2cc(C)[nH]n2)n1. The van der Waals surface area contributed by atoms with E-state index in [1.807, 2.05) is 56.3 Å². The maximum Gasteiger partial charge on any atom is 0.253 e. The van der Waals surface area contributed by atoms with Crippen LogP contribution in [0.1, 0.15) is 21.6 Å². The number of hydrogen-bond donors (Lipinski definition) is 3. The molecule has 0 fully saturated rings. The molecule has 9 nitrogen and oxygen atoms in total. The maximum absolute atomic E-state index is 12.4. The van der Waals surface area contributed by atoms with E-state index >= 15 is 0 Å². The van der Waals surface area contributed by atoms with Gasteiger partial charge in [0.25, 0.3) is 5.91 Å².